The molecule has 0 fully saturated rings. The van der Waals surface area contributed by atoms with Crippen LogP contribution in [0.2, 0.25) is 13.1 Å². The van der Waals surface area contributed by atoms with E-state index in [0.29, 0.717) is 11.8 Å². The van der Waals surface area contributed by atoms with E-state index in [1.165, 1.54) is 11.1 Å². The van der Waals surface area contributed by atoms with Gasteiger partial charge in [-0.05, 0) is 0 Å². The monoisotopic (exact) mass is 553 g/mol. The van der Waals surface area contributed by atoms with Crippen molar-refractivity contribution in [1.82, 2.24) is 0 Å². The molecule has 2 aliphatic carbocycles. The van der Waals surface area contributed by atoms with E-state index in [-0.39, 0.29) is 0 Å². The Bertz CT molecular complexity index is 861. The average Bonchev–Trinajstić information content (AvgIpc) is 3.22. The van der Waals surface area contributed by atoms with Gasteiger partial charge in [0.05, 0.1) is 0 Å². The first kappa shape index (κ1) is 20.3. The quantitative estimate of drug-likeness (QED) is 0.345. The number of fused-ring (bicyclic) bond motifs is 2. The predicted molar refractivity (Wildman–Crippen MR) is 123 cm³/mol. The van der Waals surface area contributed by atoms with E-state index in [1.54, 1.807) is 22.3 Å². The summed E-state index contributed by atoms with van der Waals surface area (Å²) < 4.78 is 1.57. The molecule has 0 saturated heterocycles. The number of hydrogen-bond donors (Lipinski definition) is 0. The predicted octanol–water partition coefficient (Wildman–Crippen LogP) is 7.18. The summed E-state index contributed by atoms with van der Waals surface area (Å²) in [5, 5.41) is 0. The fraction of sp³-hybridized carbons (Fsp3) is 0.385. The van der Waals surface area contributed by atoms with Crippen LogP contribution in [0.15, 0.2) is 59.7 Å². The Labute approximate surface area is 179 Å². The first-order valence-electron chi connectivity index (χ1n) is 10.9. The third kappa shape index (κ3) is 3.41. The van der Waals surface area contributed by atoms with Gasteiger partial charge in [-0.3, -0.25) is 0 Å². The number of hydrogen-bond acceptors (Lipinski definition) is 0. The standard InChI is InChI=1S/2C12H13.C2H7Si.Hf/c2*1-9(2)12-7-10-5-3-4-6-11(10)8-12;1-3-2;/h2*3-9H,1-2H3;3H,1-2H3;. The Morgan fingerprint density at radius 3 is 1.43 bits per heavy atom. The molecular formula is C26H33HfSi. The molecule has 2 aromatic rings. The van der Waals surface area contributed by atoms with Gasteiger partial charge in [0.15, 0.2) is 0 Å². The zero-order valence-electron chi connectivity index (χ0n) is 18.2. The molecule has 145 valence electrons. The molecule has 2 heteroatoms. The van der Waals surface area contributed by atoms with Crippen molar-refractivity contribution in [2.75, 3.05) is 0 Å². The molecule has 2 atom stereocenters. The Morgan fingerprint density at radius 1 is 0.679 bits per heavy atom. The summed E-state index contributed by atoms with van der Waals surface area (Å²) in [6.07, 6.45) is 5.12. The van der Waals surface area contributed by atoms with Gasteiger partial charge in [-0.15, -0.1) is 0 Å². The Morgan fingerprint density at radius 2 is 1.07 bits per heavy atom. The summed E-state index contributed by atoms with van der Waals surface area (Å²) in [7, 11) is 0. The van der Waals surface area contributed by atoms with Gasteiger partial charge in [0.2, 0.25) is 0 Å². The molecule has 0 nitrogen and oxygen atoms in total. The molecule has 0 saturated carbocycles. The fourth-order valence-electron chi connectivity index (χ4n) is 5.27. The summed E-state index contributed by atoms with van der Waals surface area (Å²) in [6, 6.07) is 18.6. The third-order valence-electron chi connectivity index (χ3n) is 6.59. The van der Waals surface area contributed by atoms with Crippen LogP contribution in [0.25, 0.3) is 12.2 Å². The van der Waals surface area contributed by atoms with Gasteiger partial charge in [-0.2, -0.15) is 0 Å². The van der Waals surface area contributed by atoms with Crippen molar-refractivity contribution >= 4 is 18.1 Å². The second kappa shape index (κ2) is 8.03. The molecule has 0 aliphatic heterocycles. The van der Waals surface area contributed by atoms with E-state index >= 15 is 0 Å². The molecule has 0 heterocycles. The minimum absolute atomic E-state index is 0.647. The molecule has 0 spiro atoms. The van der Waals surface area contributed by atoms with Crippen molar-refractivity contribution < 1.29 is 20.6 Å². The first-order valence-corrected chi connectivity index (χ1v) is 24.1. The molecule has 4 rings (SSSR count). The zero-order chi connectivity index (χ0) is 20.0. The summed E-state index contributed by atoms with van der Waals surface area (Å²) >= 11 is -2.09. The molecule has 2 aromatic carbocycles. The van der Waals surface area contributed by atoms with E-state index in [0.717, 1.165) is 7.35 Å². The van der Waals surface area contributed by atoms with Gasteiger partial charge in [-0.25, -0.2) is 0 Å². The summed E-state index contributed by atoms with van der Waals surface area (Å²) in [4.78, 5) is 0. The van der Waals surface area contributed by atoms with Crippen molar-refractivity contribution in [1.29, 1.82) is 0 Å². The summed E-state index contributed by atoms with van der Waals surface area (Å²) in [5.41, 5.74) is 9.85. The summed E-state index contributed by atoms with van der Waals surface area (Å²) in [5.74, 6) is 0.556. The maximum absolute atomic E-state index is 2.67. The summed E-state index contributed by atoms with van der Waals surface area (Å²) in [6.45, 7) is 15.0. The van der Waals surface area contributed by atoms with E-state index in [2.05, 4.69) is 101 Å². The van der Waals surface area contributed by atoms with Crippen LogP contribution in [0, 0.1) is 11.8 Å². The fourth-order valence-corrected chi connectivity index (χ4v) is 38.5. The van der Waals surface area contributed by atoms with Gasteiger partial charge in [0.25, 0.3) is 0 Å². The topological polar surface area (TPSA) is 0 Å². The Balaban J connectivity index is 1.88. The first-order chi connectivity index (χ1) is 13.4. The van der Waals surface area contributed by atoms with Crippen LogP contribution < -0.4 is 0 Å². The second-order valence-corrected chi connectivity index (χ2v) is 37.3. The van der Waals surface area contributed by atoms with Crippen molar-refractivity contribution in [3.8, 4) is 0 Å². The molecular weight excluding hydrogens is 519 g/mol. The van der Waals surface area contributed by atoms with Gasteiger partial charge in [-0.1, -0.05) is 0 Å². The molecule has 2 unspecified atom stereocenters. The van der Waals surface area contributed by atoms with Crippen molar-refractivity contribution in [2.24, 2.45) is 11.8 Å². The Kier molecular flexibility index (Phi) is 5.82. The van der Waals surface area contributed by atoms with E-state index in [4.69, 9.17) is 0 Å². The average molecular weight is 552 g/mol. The maximum atomic E-state index is 2.67. The van der Waals surface area contributed by atoms with Crippen LogP contribution in [-0.2, 0) is 20.6 Å². The number of allylic oxidation sites excluding steroid dienone is 2. The minimum atomic E-state index is -2.09. The van der Waals surface area contributed by atoms with E-state index in [9.17, 15) is 0 Å². The third-order valence-corrected chi connectivity index (χ3v) is 37.2. The molecule has 0 aromatic heterocycles. The van der Waals surface area contributed by atoms with Crippen molar-refractivity contribution in [2.45, 2.75) is 48.1 Å². The van der Waals surface area contributed by atoms with Gasteiger partial charge >= 0.3 is 181 Å². The van der Waals surface area contributed by atoms with Crippen LogP contribution in [0.4, 0.5) is 0 Å². The van der Waals surface area contributed by atoms with Crippen LogP contribution in [-0.4, -0.2) is 5.98 Å². The molecule has 0 N–H and O–H groups in total. The number of rotatable bonds is 5. The molecule has 0 amide bonds. The van der Waals surface area contributed by atoms with Gasteiger partial charge < -0.3 is 0 Å². The van der Waals surface area contributed by atoms with Crippen molar-refractivity contribution in [3.05, 3.63) is 81.9 Å². The molecule has 0 radical (unpaired) electrons. The zero-order valence-corrected chi connectivity index (χ0v) is 22.9. The number of benzene rings is 2. The SMILES string of the molecule is CC(C)C1=Cc2ccccc2[CH]1[Hf]([CH]1C(C(C)C)=Cc2ccccc21)[SiH](C)C. The van der Waals surface area contributed by atoms with E-state index in [1.807, 2.05) is 0 Å². The van der Waals surface area contributed by atoms with Gasteiger partial charge in [0.1, 0.15) is 0 Å². The normalized spacial score (nSPS) is 20.5. The van der Waals surface area contributed by atoms with Crippen LogP contribution in [0.1, 0.15) is 57.3 Å². The van der Waals surface area contributed by atoms with Crippen molar-refractivity contribution in [3.63, 3.8) is 0 Å². The molecule has 2 aliphatic rings. The van der Waals surface area contributed by atoms with Crippen LogP contribution in [0.5, 0.6) is 0 Å². The van der Waals surface area contributed by atoms with E-state index < -0.39 is 26.6 Å². The molecule has 0 bridgehead atoms. The molecule has 28 heavy (non-hydrogen) atoms. The Hall–Kier alpha value is -0.993. The van der Waals surface area contributed by atoms with Crippen LogP contribution in [0.3, 0.4) is 0 Å². The van der Waals surface area contributed by atoms with Gasteiger partial charge in [0, 0.05) is 0 Å². The second-order valence-electron chi connectivity index (χ2n) is 9.38. The van der Waals surface area contributed by atoms with Crippen LogP contribution >= 0.6 is 0 Å².